The zero-order chi connectivity index (χ0) is 20.5. The Morgan fingerprint density at radius 2 is 1.72 bits per heavy atom. The highest BCUT2D eigenvalue weighted by atomic mass is 32.1. The molecule has 1 atom stereocenters. The summed E-state index contributed by atoms with van der Waals surface area (Å²) in [6, 6.07) is 18.8. The minimum Gasteiger partial charge on any atom is -0.497 e. The first-order chi connectivity index (χ1) is 14.2. The lowest BCUT2D eigenvalue weighted by atomic mass is 9.98. The predicted octanol–water partition coefficient (Wildman–Crippen LogP) is 4.14. The van der Waals surface area contributed by atoms with E-state index in [1.807, 2.05) is 71.4 Å². The maximum Gasteiger partial charge on any atom is 0.306 e. The number of carbonyl (C=O) groups excluding carboxylic acids is 2. The molecule has 1 aromatic heterocycles. The number of hydrogen-bond acceptors (Lipinski definition) is 5. The quantitative estimate of drug-likeness (QED) is 0.540. The van der Waals surface area contributed by atoms with E-state index in [1.165, 1.54) is 0 Å². The van der Waals surface area contributed by atoms with Gasteiger partial charge in [-0.15, -0.1) is 0 Å². The molecule has 0 saturated heterocycles. The van der Waals surface area contributed by atoms with Crippen LogP contribution < -0.4 is 10.1 Å². The minimum absolute atomic E-state index is 0.255. The van der Waals surface area contributed by atoms with Crippen LogP contribution in [0.25, 0.3) is 0 Å². The number of methoxy groups -OCH3 is 1. The van der Waals surface area contributed by atoms with Crippen LogP contribution in [0, 0.1) is 0 Å². The van der Waals surface area contributed by atoms with Gasteiger partial charge in [-0.05, 0) is 52.1 Å². The van der Waals surface area contributed by atoms with Crippen molar-refractivity contribution in [1.82, 2.24) is 5.32 Å². The summed E-state index contributed by atoms with van der Waals surface area (Å²) in [5, 5.41) is 6.93. The van der Waals surface area contributed by atoms with E-state index in [9.17, 15) is 9.59 Å². The Kier molecular flexibility index (Phi) is 7.41. The van der Waals surface area contributed by atoms with Crippen LogP contribution in [-0.4, -0.2) is 25.6 Å². The second kappa shape index (κ2) is 10.4. The van der Waals surface area contributed by atoms with E-state index in [4.69, 9.17) is 9.47 Å². The van der Waals surface area contributed by atoms with Gasteiger partial charge in [0.1, 0.15) is 5.75 Å². The van der Waals surface area contributed by atoms with Gasteiger partial charge in [0.2, 0.25) is 0 Å². The summed E-state index contributed by atoms with van der Waals surface area (Å²) in [6.07, 6.45) is 0.868. The van der Waals surface area contributed by atoms with Crippen LogP contribution >= 0.6 is 11.3 Å². The molecular formula is C23H23NO4S. The molecule has 1 heterocycles. The summed E-state index contributed by atoms with van der Waals surface area (Å²) in [6.45, 7) is -0.304. The van der Waals surface area contributed by atoms with Crippen LogP contribution in [-0.2, 0) is 20.7 Å². The van der Waals surface area contributed by atoms with Gasteiger partial charge in [-0.1, -0.05) is 42.5 Å². The molecule has 0 bridgehead atoms. The molecule has 1 amide bonds. The first kappa shape index (κ1) is 20.6. The lowest BCUT2D eigenvalue weighted by Gasteiger charge is -2.20. The standard InChI is InChI=1S/C23H23NO4S/c1-27-20-10-8-19(9-11-20)23(18-5-3-2-4-6-18)24-21(25)15-28-22(26)12-7-17-13-14-29-16-17/h2-6,8-11,13-14,16,23H,7,12,15H2,1H3,(H,24,25)/t23-/m0/s1. The number of amides is 1. The van der Waals surface area contributed by atoms with E-state index in [2.05, 4.69) is 5.32 Å². The summed E-state index contributed by atoms with van der Waals surface area (Å²) in [7, 11) is 1.61. The minimum atomic E-state index is -0.382. The molecule has 2 aromatic carbocycles. The fraction of sp³-hybridized carbons (Fsp3) is 0.217. The number of hydrogen-bond donors (Lipinski definition) is 1. The first-order valence-electron chi connectivity index (χ1n) is 9.30. The van der Waals surface area contributed by atoms with Crippen LogP contribution in [0.5, 0.6) is 5.75 Å². The Labute approximate surface area is 174 Å². The normalized spacial score (nSPS) is 11.5. The second-order valence-corrected chi connectivity index (χ2v) is 7.26. The molecule has 0 saturated carbocycles. The monoisotopic (exact) mass is 409 g/mol. The summed E-state index contributed by atoms with van der Waals surface area (Å²) in [4.78, 5) is 24.4. The van der Waals surface area contributed by atoms with Gasteiger partial charge in [-0.2, -0.15) is 11.3 Å². The van der Waals surface area contributed by atoms with Gasteiger partial charge in [-0.3, -0.25) is 9.59 Å². The average Bonchev–Trinajstić information content (AvgIpc) is 3.29. The van der Waals surface area contributed by atoms with E-state index in [1.54, 1.807) is 18.4 Å². The summed E-state index contributed by atoms with van der Waals surface area (Å²) < 4.78 is 10.3. The summed E-state index contributed by atoms with van der Waals surface area (Å²) >= 11 is 1.59. The molecule has 1 N–H and O–H groups in total. The van der Waals surface area contributed by atoms with Gasteiger partial charge in [0.15, 0.2) is 6.61 Å². The summed E-state index contributed by atoms with van der Waals surface area (Å²) in [5.74, 6) is 0.0112. The Balaban J connectivity index is 1.59. The highest BCUT2D eigenvalue weighted by Gasteiger charge is 2.18. The molecular weight excluding hydrogens is 386 g/mol. The van der Waals surface area contributed by atoms with E-state index >= 15 is 0 Å². The van der Waals surface area contributed by atoms with E-state index in [0.717, 1.165) is 22.4 Å². The van der Waals surface area contributed by atoms with Crippen molar-refractivity contribution in [3.63, 3.8) is 0 Å². The Bertz CT molecular complexity index is 908. The molecule has 5 nitrogen and oxygen atoms in total. The van der Waals surface area contributed by atoms with Crippen molar-refractivity contribution in [3.05, 3.63) is 88.1 Å². The maximum absolute atomic E-state index is 12.4. The molecule has 3 rings (SSSR count). The molecule has 0 spiro atoms. The molecule has 0 unspecified atom stereocenters. The number of carbonyl (C=O) groups is 2. The van der Waals surface area contributed by atoms with Crippen LogP contribution in [0.4, 0.5) is 0 Å². The molecule has 0 aliphatic carbocycles. The van der Waals surface area contributed by atoms with Crippen LogP contribution in [0.3, 0.4) is 0 Å². The molecule has 0 aliphatic rings. The highest BCUT2D eigenvalue weighted by Crippen LogP contribution is 2.24. The Morgan fingerprint density at radius 1 is 1.00 bits per heavy atom. The molecule has 150 valence electrons. The molecule has 29 heavy (non-hydrogen) atoms. The van der Waals surface area contributed by atoms with Crippen molar-refractivity contribution in [2.45, 2.75) is 18.9 Å². The number of aryl methyl sites for hydroxylation is 1. The number of nitrogens with one attached hydrogen (secondary N) is 1. The summed E-state index contributed by atoms with van der Waals surface area (Å²) in [5.41, 5.74) is 2.95. The smallest absolute Gasteiger partial charge is 0.306 e. The maximum atomic E-state index is 12.4. The van der Waals surface area contributed by atoms with Crippen LogP contribution in [0.2, 0.25) is 0 Å². The predicted molar refractivity (Wildman–Crippen MR) is 113 cm³/mol. The van der Waals surface area contributed by atoms with E-state index < -0.39 is 0 Å². The topological polar surface area (TPSA) is 64.6 Å². The lowest BCUT2D eigenvalue weighted by molar-refractivity contribution is -0.148. The fourth-order valence-corrected chi connectivity index (χ4v) is 3.61. The van der Waals surface area contributed by atoms with Crippen LogP contribution in [0.1, 0.15) is 29.2 Å². The van der Waals surface area contributed by atoms with Crippen molar-refractivity contribution in [3.8, 4) is 5.75 Å². The van der Waals surface area contributed by atoms with Crippen molar-refractivity contribution in [1.29, 1.82) is 0 Å². The fourth-order valence-electron chi connectivity index (χ4n) is 2.90. The van der Waals surface area contributed by atoms with Crippen molar-refractivity contribution in [2.24, 2.45) is 0 Å². The molecule has 0 fully saturated rings. The number of ether oxygens (including phenoxy) is 2. The zero-order valence-electron chi connectivity index (χ0n) is 16.2. The third-order valence-corrected chi connectivity index (χ3v) is 5.18. The number of rotatable bonds is 9. The third kappa shape index (κ3) is 6.19. The van der Waals surface area contributed by atoms with Gasteiger partial charge in [0, 0.05) is 6.42 Å². The third-order valence-electron chi connectivity index (χ3n) is 4.45. The van der Waals surface area contributed by atoms with Crippen molar-refractivity contribution < 1.29 is 19.1 Å². The molecule has 0 radical (unpaired) electrons. The number of esters is 1. The number of thiophene rings is 1. The van der Waals surface area contributed by atoms with Gasteiger partial charge in [-0.25, -0.2) is 0 Å². The van der Waals surface area contributed by atoms with Gasteiger partial charge >= 0.3 is 5.97 Å². The van der Waals surface area contributed by atoms with Gasteiger partial charge in [0.25, 0.3) is 5.91 Å². The molecule has 3 aromatic rings. The molecule has 6 heteroatoms. The number of benzene rings is 2. The Hall–Kier alpha value is -3.12. The zero-order valence-corrected chi connectivity index (χ0v) is 17.0. The average molecular weight is 410 g/mol. The van der Waals surface area contributed by atoms with Crippen LogP contribution in [0.15, 0.2) is 71.4 Å². The molecule has 0 aliphatic heterocycles. The van der Waals surface area contributed by atoms with Crippen molar-refractivity contribution in [2.75, 3.05) is 13.7 Å². The van der Waals surface area contributed by atoms with Gasteiger partial charge < -0.3 is 14.8 Å². The van der Waals surface area contributed by atoms with E-state index in [0.29, 0.717) is 6.42 Å². The Morgan fingerprint density at radius 3 is 2.38 bits per heavy atom. The lowest BCUT2D eigenvalue weighted by Crippen LogP contribution is -2.33. The SMILES string of the molecule is COc1ccc([C@@H](NC(=O)COC(=O)CCc2ccsc2)c2ccccc2)cc1. The largest absolute Gasteiger partial charge is 0.497 e. The first-order valence-corrected chi connectivity index (χ1v) is 10.2. The van der Waals surface area contributed by atoms with E-state index in [-0.39, 0.29) is 30.9 Å². The van der Waals surface area contributed by atoms with Gasteiger partial charge in [0.05, 0.1) is 13.2 Å². The second-order valence-electron chi connectivity index (χ2n) is 6.48. The highest BCUT2D eigenvalue weighted by molar-refractivity contribution is 7.07. The van der Waals surface area contributed by atoms with Crippen molar-refractivity contribution >= 4 is 23.2 Å².